The second-order valence-electron chi connectivity index (χ2n) is 5.79. The van der Waals surface area contributed by atoms with Crippen LogP contribution in [0, 0.1) is 0 Å². The second-order valence-corrected chi connectivity index (χ2v) is 5.79. The topological polar surface area (TPSA) is 77.0 Å². The first-order valence-corrected chi connectivity index (χ1v) is 8.15. The fraction of sp³-hybridized carbons (Fsp3) is 0.533. The summed E-state index contributed by atoms with van der Waals surface area (Å²) in [6.45, 7) is 6.81. The van der Waals surface area contributed by atoms with Crippen LogP contribution >= 0.6 is 0 Å². The SMILES string of the molecule is CCCc1cc(N2CCn3c(CC)nnc3C2)n2ncnc2n1. The van der Waals surface area contributed by atoms with Crippen LogP contribution in [0.25, 0.3) is 5.78 Å². The Labute approximate surface area is 134 Å². The minimum Gasteiger partial charge on any atom is -0.347 e. The molecule has 1 aliphatic heterocycles. The molecule has 0 bridgehead atoms. The molecule has 0 saturated carbocycles. The maximum absolute atomic E-state index is 4.57. The van der Waals surface area contributed by atoms with Gasteiger partial charge in [-0.2, -0.15) is 14.6 Å². The van der Waals surface area contributed by atoms with Crippen molar-refractivity contribution < 1.29 is 0 Å². The number of aromatic nitrogens is 7. The number of hydrogen-bond acceptors (Lipinski definition) is 6. The van der Waals surface area contributed by atoms with Crippen LogP contribution in [0.15, 0.2) is 12.4 Å². The number of rotatable bonds is 4. The standard InChI is InChI=1S/C15H20N8/c1-3-5-11-8-14(23-15(18-11)16-10-17-23)21-6-7-22-12(4-2)19-20-13(22)9-21/h8,10H,3-7,9H2,1-2H3. The fourth-order valence-electron chi connectivity index (χ4n) is 3.13. The third-order valence-corrected chi connectivity index (χ3v) is 4.26. The molecule has 0 aliphatic carbocycles. The van der Waals surface area contributed by atoms with Crippen molar-refractivity contribution >= 4 is 11.6 Å². The van der Waals surface area contributed by atoms with E-state index in [0.717, 1.165) is 62.1 Å². The van der Waals surface area contributed by atoms with Crippen LogP contribution in [-0.2, 0) is 25.9 Å². The van der Waals surface area contributed by atoms with Crippen molar-refractivity contribution in [3.05, 3.63) is 29.7 Å². The van der Waals surface area contributed by atoms with E-state index >= 15 is 0 Å². The molecule has 3 aromatic rings. The highest BCUT2D eigenvalue weighted by molar-refractivity contribution is 5.48. The quantitative estimate of drug-likeness (QED) is 0.721. The molecular formula is C15H20N8. The van der Waals surface area contributed by atoms with Crippen LogP contribution in [0.1, 0.15) is 37.6 Å². The Morgan fingerprint density at radius 1 is 1.17 bits per heavy atom. The predicted molar refractivity (Wildman–Crippen MR) is 85.2 cm³/mol. The summed E-state index contributed by atoms with van der Waals surface area (Å²) in [5.74, 6) is 3.76. The monoisotopic (exact) mass is 312 g/mol. The van der Waals surface area contributed by atoms with E-state index in [1.165, 1.54) is 0 Å². The molecule has 0 aromatic carbocycles. The molecule has 8 heteroatoms. The van der Waals surface area contributed by atoms with Gasteiger partial charge in [-0.05, 0) is 6.42 Å². The van der Waals surface area contributed by atoms with E-state index in [-0.39, 0.29) is 0 Å². The Morgan fingerprint density at radius 2 is 2.09 bits per heavy atom. The van der Waals surface area contributed by atoms with Crippen LogP contribution in [0.3, 0.4) is 0 Å². The Hall–Kier alpha value is -2.51. The van der Waals surface area contributed by atoms with Gasteiger partial charge >= 0.3 is 0 Å². The number of fused-ring (bicyclic) bond motifs is 2. The molecule has 0 N–H and O–H groups in total. The Balaban J connectivity index is 1.73. The zero-order chi connectivity index (χ0) is 15.8. The van der Waals surface area contributed by atoms with Crippen molar-refractivity contribution in [2.45, 2.75) is 46.2 Å². The van der Waals surface area contributed by atoms with E-state index in [4.69, 9.17) is 0 Å². The molecule has 0 spiro atoms. The first-order valence-electron chi connectivity index (χ1n) is 8.15. The van der Waals surface area contributed by atoms with E-state index in [1.54, 1.807) is 6.33 Å². The van der Waals surface area contributed by atoms with Crippen LogP contribution in [0.4, 0.5) is 5.82 Å². The molecule has 120 valence electrons. The summed E-state index contributed by atoms with van der Waals surface area (Å²) in [6.07, 6.45) is 4.48. The minimum absolute atomic E-state index is 0.659. The van der Waals surface area contributed by atoms with Crippen molar-refractivity contribution in [3.63, 3.8) is 0 Å². The highest BCUT2D eigenvalue weighted by atomic mass is 15.4. The van der Waals surface area contributed by atoms with Gasteiger partial charge in [0.1, 0.15) is 18.0 Å². The number of aryl methyl sites for hydroxylation is 2. The van der Waals surface area contributed by atoms with E-state index < -0.39 is 0 Å². The van der Waals surface area contributed by atoms with E-state index in [2.05, 4.69) is 54.6 Å². The second kappa shape index (κ2) is 5.60. The van der Waals surface area contributed by atoms with Gasteiger partial charge < -0.3 is 9.47 Å². The van der Waals surface area contributed by atoms with Gasteiger partial charge in [-0.3, -0.25) is 0 Å². The minimum atomic E-state index is 0.659. The van der Waals surface area contributed by atoms with Crippen molar-refractivity contribution in [2.24, 2.45) is 0 Å². The molecule has 23 heavy (non-hydrogen) atoms. The molecule has 0 fully saturated rings. The third-order valence-electron chi connectivity index (χ3n) is 4.26. The highest BCUT2D eigenvalue weighted by Gasteiger charge is 2.23. The summed E-state index contributed by atoms with van der Waals surface area (Å²) in [4.78, 5) is 11.1. The van der Waals surface area contributed by atoms with Gasteiger partial charge in [0.15, 0.2) is 5.82 Å². The van der Waals surface area contributed by atoms with Gasteiger partial charge in [0.25, 0.3) is 5.78 Å². The lowest BCUT2D eigenvalue weighted by Crippen LogP contribution is -2.35. The average molecular weight is 312 g/mol. The normalized spacial score (nSPS) is 14.4. The molecule has 0 saturated heterocycles. The van der Waals surface area contributed by atoms with Crippen LogP contribution < -0.4 is 4.90 Å². The van der Waals surface area contributed by atoms with Gasteiger partial charge in [0.05, 0.1) is 6.54 Å². The summed E-state index contributed by atoms with van der Waals surface area (Å²) in [6, 6.07) is 2.12. The molecular weight excluding hydrogens is 292 g/mol. The number of anilines is 1. The molecule has 8 nitrogen and oxygen atoms in total. The van der Waals surface area contributed by atoms with Gasteiger partial charge in [-0.15, -0.1) is 10.2 Å². The predicted octanol–water partition coefficient (Wildman–Crippen LogP) is 1.25. The maximum atomic E-state index is 4.57. The molecule has 4 heterocycles. The summed E-state index contributed by atoms with van der Waals surface area (Å²) in [5.41, 5.74) is 1.06. The van der Waals surface area contributed by atoms with Gasteiger partial charge in [0.2, 0.25) is 0 Å². The largest absolute Gasteiger partial charge is 0.347 e. The summed E-state index contributed by atoms with van der Waals surface area (Å²) < 4.78 is 4.04. The Kier molecular flexibility index (Phi) is 3.44. The zero-order valence-electron chi connectivity index (χ0n) is 13.5. The zero-order valence-corrected chi connectivity index (χ0v) is 13.5. The van der Waals surface area contributed by atoms with E-state index in [0.29, 0.717) is 5.78 Å². The van der Waals surface area contributed by atoms with E-state index in [1.807, 2.05) is 4.52 Å². The smallest absolute Gasteiger partial charge is 0.254 e. The van der Waals surface area contributed by atoms with Gasteiger partial charge in [-0.25, -0.2) is 4.98 Å². The van der Waals surface area contributed by atoms with Crippen LogP contribution in [0.2, 0.25) is 0 Å². The summed E-state index contributed by atoms with van der Waals surface area (Å²) >= 11 is 0. The van der Waals surface area contributed by atoms with E-state index in [9.17, 15) is 0 Å². The van der Waals surface area contributed by atoms with Crippen molar-refractivity contribution in [1.82, 2.24) is 34.3 Å². The van der Waals surface area contributed by atoms with Gasteiger partial charge in [0, 0.05) is 31.3 Å². The molecule has 4 rings (SSSR count). The van der Waals surface area contributed by atoms with Crippen LogP contribution in [0.5, 0.6) is 0 Å². The molecule has 0 radical (unpaired) electrons. The maximum Gasteiger partial charge on any atom is 0.254 e. The van der Waals surface area contributed by atoms with Crippen molar-refractivity contribution in [1.29, 1.82) is 0 Å². The molecule has 0 atom stereocenters. The average Bonchev–Trinajstić information content (AvgIpc) is 3.20. The Bertz CT molecular complexity index is 833. The van der Waals surface area contributed by atoms with Crippen molar-refractivity contribution in [3.8, 4) is 0 Å². The van der Waals surface area contributed by atoms with Crippen LogP contribution in [-0.4, -0.2) is 40.9 Å². The first kappa shape index (κ1) is 14.1. The molecule has 0 amide bonds. The Morgan fingerprint density at radius 3 is 2.91 bits per heavy atom. The lowest BCUT2D eigenvalue weighted by atomic mass is 10.2. The highest BCUT2D eigenvalue weighted by Crippen LogP contribution is 2.22. The summed E-state index contributed by atoms with van der Waals surface area (Å²) in [7, 11) is 0. The third kappa shape index (κ3) is 2.34. The number of hydrogen-bond donors (Lipinski definition) is 0. The molecule has 3 aromatic heterocycles. The lowest BCUT2D eigenvalue weighted by Gasteiger charge is -2.29. The lowest BCUT2D eigenvalue weighted by molar-refractivity contribution is 0.537. The first-order chi connectivity index (χ1) is 11.3. The summed E-state index contributed by atoms with van der Waals surface area (Å²) in [5, 5.41) is 13.0. The van der Waals surface area contributed by atoms with Crippen molar-refractivity contribution in [2.75, 3.05) is 11.4 Å². The fourth-order valence-corrected chi connectivity index (χ4v) is 3.13. The van der Waals surface area contributed by atoms with Gasteiger partial charge in [-0.1, -0.05) is 20.3 Å². The molecule has 0 unspecified atom stereocenters. The molecule has 1 aliphatic rings. The number of nitrogens with zero attached hydrogens (tertiary/aromatic N) is 8.